The Balaban J connectivity index is -0.000000689. The van der Waals surface area contributed by atoms with Crippen molar-refractivity contribution in [3.05, 3.63) is 24.3 Å². The molecular weight excluding hydrogens is 600 g/mol. The van der Waals surface area contributed by atoms with Crippen LogP contribution in [0.1, 0.15) is 220 Å². The molecule has 0 spiro atoms. The largest absolute Gasteiger partial charge is 0.481 e. The minimum Gasteiger partial charge on any atom is -0.481 e. The SMILES string of the molecule is CCC(O)CCCO.CCCCCCCCC=CCCCCCCCC(=O)O.CCCCCCCCC=CCCCCCCCC(=O)O. The average molecular weight is 683 g/mol. The summed E-state index contributed by atoms with van der Waals surface area (Å²) in [4.78, 5) is 20.6. The van der Waals surface area contributed by atoms with Gasteiger partial charge in [0.05, 0.1) is 6.10 Å². The zero-order chi connectivity index (χ0) is 36.2. The summed E-state index contributed by atoms with van der Waals surface area (Å²) < 4.78 is 0. The fourth-order valence-electron chi connectivity index (χ4n) is 5.22. The molecule has 0 aromatic heterocycles. The highest BCUT2D eigenvalue weighted by atomic mass is 16.4. The van der Waals surface area contributed by atoms with Crippen LogP contribution in [0.4, 0.5) is 0 Å². The van der Waals surface area contributed by atoms with Crippen molar-refractivity contribution >= 4 is 11.9 Å². The highest BCUT2D eigenvalue weighted by molar-refractivity contribution is 5.66. The van der Waals surface area contributed by atoms with Gasteiger partial charge in [-0.25, -0.2) is 0 Å². The molecule has 1 unspecified atom stereocenters. The molecule has 0 aliphatic rings. The highest BCUT2D eigenvalue weighted by Gasteiger charge is 1.98. The first kappa shape index (κ1) is 50.7. The molecule has 0 fully saturated rings. The maximum absolute atomic E-state index is 10.3. The number of carboxylic acid groups (broad SMARTS) is 2. The number of allylic oxidation sites excluding steroid dienone is 4. The molecule has 0 aromatic carbocycles. The zero-order valence-corrected chi connectivity index (χ0v) is 32.1. The van der Waals surface area contributed by atoms with Gasteiger partial charge in [0.1, 0.15) is 0 Å². The van der Waals surface area contributed by atoms with Gasteiger partial charge in [-0.3, -0.25) is 9.59 Å². The lowest BCUT2D eigenvalue weighted by Gasteiger charge is -2.03. The van der Waals surface area contributed by atoms with E-state index in [4.69, 9.17) is 20.4 Å². The predicted molar refractivity (Wildman–Crippen MR) is 207 cm³/mol. The van der Waals surface area contributed by atoms with Crippen LogP contribution >= 0.6 is 0 Å². The second-order valence-electron chi connectivity index (χ2n) is 13.4. The number of hydrogen-bond acceptors (Lipinski definition) is 4. The second kappa shape index (κ2) is 47.5. The van der Waals surface area contributed by atoms with E-state index >= 15 is 0 Å². The molecule has 4 N–H and O–H groups in total. The van der Waals surface area contributed by atoms with E-state index in [2.05, 4.69) is 38.2 Å². The number of carbonyl (C=O) groups is 2. The van der Waals surface area contributed by atoms with Crippen LogP contribution in [0.3, 0.4) is 0 Å². The van der Waals surface area contributed by atoms with Crippen molar-refractivity contribution in [2.75, 3.05) is 6.61 Å². The summed E-state index contributed by atoms with van der Waals surface area (Å²) in [7, 11) is 0. The Morgan fingerprint density at radius 3 is 1.02 bits per heavy atom. The smallest absolute Gasteiger partial charge is 0.303 e. The Morgan fingerprint density at radius 1 is 0.458 bits per heavy atom. The van der Waals surface area contributed by atoms with Crippen LogP contribution in [0.5, 0.6) is 0 Å². The fourth-order valence-corrected chi connectivity index (χ4v) is 5.22. The van der Waals surface area contributed by atoms with Crippen molar-refractivity contribution in [3.8, 4) is 0 Å². The molecule has 1 atom stereocenters. The van der Waals surface area contributed by atoms with Crippen LogP contribution in [0.15, 0.2) is 24.3 Å². The van der Waals surface area contributed by atoms with Crippen LogP contribution in [-0.4, -0.2) is 45.1 Å². The Hall–Kier alpha value is -1.66. The summed E-state index contributed by atoms with van der Waals surface area (Å²) in [5.74, 6) is -1.33. The summed E-state index contributed by atoms with van der Waals surface area (Å²) in [6, 6.07) is 0. The van der Waals surface area contributed by atoms with Gasteiger partial charge in [-0.1, -0.05) is 148 Å². The third-order valence-corrected chi connectivity index (χ3v) is 8.47. The summed E-state index contributed by atoms with van der Waals surface area (Å²) >= 11 is 0. The van der Waals surface area contributed by atoms with Crippen molar-refractivity contribution < 1.29 is 30.0 Å². The zero-order valence-electron chi connectivity index (χ0n) is 32.1. The molecular formula is C42H82O6. The maximum Gasteiger partial charge on any atom is 0.303 e. The van der Waals surface area contributed by atoms with E-state index in [1.165, 1.54) is 141 Å². The van der Waals surface area contributed by atoms with Gasteiger partial charge in [0, 0.05) is 19.4 Å². The van der Waals surface area contributed by atoms with Gasteiger partial charge in [-0.15, -0.1) is 0 Å². The fraction of sp³-hybridized carbons (Fsp3) is 0.857. The third-order valence-electron chi connectivity index (χ3n) is 8.47. The predicted octanol–water partition coefficient (Wildman–Crippen LogP) is 12.7. The lowest BCUT2D eigenvalue weighted by atomic mass is 10.1. The Morgan fingerprint density at radius 2 is 0.750 bits per heavy atom. The summed E-state index contributed by atoms with van der Waals surface area (Å²) in [5.41, 5.74) is 0. The van der Waals surface area contributed by atoms with E-state index in [1.807, 2.05) is 6.92 Å². The average Bonchev–Trinajstić information content (AvgIpc) is 3.07. The minimum atomic E-state index is -0.664. The normalized spacial score (nSPS) is 11.7. The molecule has 0 aliphatic carbocycles. The number of rotatable bonds is 34. The first-order chi connectivity index (χ1) is 23.3. The van der Waals surface area contributed by atoms with Crippen molar-refractivity contribution in [1.29, 1.82) is 0 Å². The van der Waals surface area contributed by atoms with Gasteiger partial charge in [0.15, 0.2) is 0 Å². The molecule has 0 saturated heterocycles. The lowest BCUT2D eigenvalue weighted by Crippen LogP contribution is -2.04. The van der Waals surface area contributed by atoms with E-state index in [0.717, 1.165) is 44.9 Å². The van der Waals surface area contributed by atoms with Crippen molar-refractivity contribution in [2.24, 2.45) is 0 Å². The molecule has 286 valence electrons. The summed E-state index contributed by atoms with van der Waals surface area (Å²) in [5, 5.41) is 34.2. The number of hydrogen-bond donors (Lipinski definition) is 4. The minimum absolute atomic E-state index is 0.192. The van der Waals surface area contributed by atoms with Crippen LogP contribution in [-0.2, 0) is 9.59 Å². The Bertz CT molecular complexity index is 625. The topological polar surface area (TPSA) is 115 Å². The molecule has 0 aromatic rings. The van der Waals surface area contributed by atoms with Crippen LogP contribution < -0.4 is 0 Å². The van der Waals surface area contributed by atoms with E-state index in [1.54, 1.807) is 0 Å². The Kier molecular flexibility index (Phi) is 50.1. The first-order valence-electron chi connectivity index (χ1n) is 20.4. The van der Waals surface area contributed by atoms with Gasteiger partial charge in [-0.05, 0) is 83.5 Å². The van der Waals surface area contributed by atoms with E-state index in [9.17, 15) is 9.59 Å². The quantitative estimate of drug-likeness (QED) is 0.0396. The highest BCUT2D eigenvalue weighted by Crippen LogP contribution is 2.11. The first-order valence-corrected chi connectivity index (χ1v) is 20.4. The van der Waals surface area contributed by atoms with Crippen LogP contribution in [0.2, 0.25) is 0 Å². The third kappa shape index (κ3) is 56.7. The van der Waals surface area contributed by atoms with Gasteiger partial charge in [0.25, 0.3) is 0 Å². The second-order valence-corrected chi connectivity index (χ2v) is 13.4. The maximum atomic E-state index is 10.3. The van der Waals surface area contributed by atoms with Gasteiger partial charge < -0.3 is 20.4 Å². The molecule has 0 heterocycles. The molecule has 0 rings (SSSR count). The molecule has 6 nitrogen and oxygen atoms in total. The monoisotopic (exact) mass is 683 g/mol. The number of unbranched alkanes of at least 4 members (excludes halogenated alkanes) is 22. The van der Waals surface area contributed by atoms with Gasteiger partial charge >= 0.3 is 11.9 Å². The van der Waals surface area contributed by atoms with E-state index in [0.29, 0.717) is 12.8 Å². The van der Waals surface area contributed by atoms with Crippen molar-refractivity contribution in [2.45, 2.75) is 226 Å². The standard InChI is InChI=1S/2C18H34O2.C6H14O2/c2*1-2-3-4-5-6-7-8-9-10-11-12-13-14-15-16-17-18(19)20;1-2-6(8)4-3-5-7/h2*9-10H,2-8,11-17H2,1H3,(H,19,20);6-8H,2-5H2,1H3. The van der Waals surface area contributed by atoms with Gasteiger partial charge in [0.2, 0.25) is 0 Å². The molecule has 0 radical (unpaired) electrons. The summed E-state index contributed by atoms with van der Waals surface area (Å²) in [6.45, 7) is 6.64. The molecule has 6 heteroatoms. The van der Waals surface area contributed by atoms with E-state index < -0.39 is 11.9 Å². The van der Waals surface area contributed by atoms with Crippen molar-refractivity contribution in [1.82, 2.24) is 0 Å². The Labute approximate surface area is 298 Å². The number of carboxylic acids is 2. The van der Waals surface area contributed by atoms with Gasteiger partial charge in [-0.2, -0.15) is 0 Å². The number of aliphatic hydroxyl groups is 2. The molecule has 0 saturated carbocycles. The molecule has 0 aliphatic heterocycles. The van der Waals surface area contributed by atoms with Crippen LogP contribution in [0.25, 0.3) is 0 Å². The number of aliphatic carboxylic acids is 2. The molecule has 0 bridgehead atoms. The lowest BCUT2D eigenvalue weighted by molar-refractivity contribution is -0.138. The van der Waals surface area contributed by atoms with Crippen LogP contribution in [0, 0.1) is 0 Å². The van der Waals surface area contributed by atoms with Crippen molar-refractivity contribution in [3.63, 3.8) is 0 Å². The number of aliphatic hydroxyl groups excluding tert-OH is 2. The summed E-state index contributed by atoms with van der Waals surface area (Å²) in [6.07, 6.45) is 44.5. The van der Waals surface area contributed by atoms with E-state index in [-0.39, 0.29) is 12.7 Å². The molecule has 0 amide bonds. The molecule has 48 heavy (non-hydrogen) atoms.